The molecule has 0 unspecified atom stereocenters. The second kappa shape index (κ2) is 7.56. The Morgan fingerprint density at radius 2 is 1.76 bits per heavy atom. The normalized spacial score (nSPS) is 26.4. The second-order valence-electron chi connectivity index (χ2n) is 5.68. The van der Waals surface area contributed by atoms with Crippen molar-refractivity contribution in [2.24, 2.45) is 0 Å². The molecule has 2 aromatic rings. The molecule has 138 valence electrons. The molecule has 0 radical (unpaired) electrons. The average molecular weight is 355 g/mol. The maximum Gasteiger partial charge on any atom is 0.167 e. The maximum absolute atomic E-state index is 10.2. The Morgan fingerprint density at radius 3 is 2.36 bits per heavy atom. The summed E-state index contributed by atoms with van der Waals surface area (Å²) >= 11 is 0. The van der Waals surface area contributed by atoms with Gasteiger partial charge >= 0.3 is 0 Å². The summed E-state index contributed by atoms with van der Waals surface area (Å²) < 4.78 is 6.96. The molecule has 11 nitrogen and oxygen atoms in total. The summed E-state index contributed by atoms with van der Waals surface area (Å²) in [6.45, 7) is -0.162. The molecule has 25 heavy (non-hydrogen) atoms. The number of nitrogens with zero attached hydrogens (tertiary/aromatic N) is 5. The highest BCUT2D eigenvalue weighted by Gasteiger charge is 2.44. The van der Waals surface area contributed by atoms with E-state index in [1.165, 1.54) is 17.2 Å². The molecule has 3 heterocycles. The summed E-state index contributed by atoms with van der Waals surface area (Å²) in [5, 5.41) is 47.7. The van der Waals surface area contributed by atoms with Gasteiger partial charge in [0.05, 0.1) is 26.1 Å². The van der Waals surface area contributed by atoms with Gasteiger partial charge in [0, 0.05) is 13.1 Å². The van der Waals surface area contributed by atoms with Gasteiger partial charge in [0.15, 0.2) is 23.2 Å². The topological polar surface area (TPSA) is 157 Å². The van der Waals surface area contributed by atoms with E-state index < -0.39 is 31.1 Å². The minimum Gasteiger partial charge on any atom is -0.395 e. The lowest BCUT2D eigenvalue weighted by Gasteiger charge is -2.22. The zero-order valence-corrected chi connectivity index (χ0v) is 13.4. The van der Waals surface area contributed by atoms with E-state index in [2.05, 4.69) is 15.0 Å². The molecular weight excluding hydrogens is 334 g/mol. The molecule has 0 spiro atoms. The quantitative estimate of drug-likeness (QED) is 0.352. The lowest BCUT2D eigenvalue weighted by Crippen LogP contribution is -2.33. The van der Waals surface area contributed by atoms with Crippen LogP contribution in [0.2, 0.25) is 0 Å². The highest BCUT2D eigenvalue weighted by Crippen LogP contribution is 2.32. The first-order valence-corrected chi connectivity index (χ1v) is 7.89. The summed E-state index contributed by atoms with van der Waals surface area (Å²) in [6, 6.07) is 0. The largest absolute Gasteiger partial charge is 0.395 e. The Balaban J connectivity index is 1.99. The molecule has 0 amide bonds. The predicted molar refractivity (Wildman–Crippen MR) is 84.7 cm³/mol. The standard InChI is InChI=1S/C14H21N5O6/c20-3-1-18(2-4-21)12-9-13(16-6-15-12)19(7-17-9)14-11(24)10(23)8(5-22)25-14/h6-8,10-11,14,20-24H,1-5H2/t8-,10-,11-,14+/m1/s1. The highest BCUT2D eigenvalue weighted by molar-refractivity contribution is 5.83. The molecule has 0 aliphatic carbocycles. The van der Waals surface area contributed by atoms with Crippen LogP contribution in [0.25, 0.3) is 11.2 Å². The van der Waals surface area contributed by atoms with Crippen molar-refractivity contribution >= 4 is 17.0 Å². The molecule has 0 bridgehead atoms. The van der Waals surface area contributed by atoms with Crippen molar-refractivity contribution in [3.8, 4) is 0 Å². The molecule has 5 N–H and O–H groups in total. The van der Waals surface area contributed by atoms with Gasteiger partial charge in [-0.05, 0) is 0 Å². The zero-order chi connectivity index (χ0) is 18.0. The fourth-order valence-corrected chi connectivity index (χ4v) is 2.93. The van der Waals surface area contributed by atoms with Crippen LogP contribution in [0.5, 0.6) is 0 Å². The van der Waals surface area contributed by atoms with Gasteiger partial charge in [-0.15, -0.1) is 0 Å². The zero-order valence-electron chi connectivity index (χ0n) is 13.4. The minimum absolute atomic E-state index is 0.124. The molecule has 3 rings (SSSR count). The SMILES string of the molecule is OCCN(CCO)c1ncnc2c1ncn2[C@H]1O[C@H](CO)[C@@H](O)[C@H]1O. The van der Waals surface area contributed by atoms with Crippen LogP contribution in [0, 0.1) is 0 Å². The molecule has 11 heteroatoms. The average Bonchev–Trinajstić information content (AvgIpc) is 3.16. The van der Waals surface area contributed by atoms with Gasteiger partial charge < -0.3 is 35.2 Å². The van der Waals surface area contributed by atoms with Crippen LogP contribution in [0.1, 0.15) is 6.23 Å². The molecule has 0 aromatic carbocycles. The van der Waals surface area contributed by atoms with Gasteiger partial charge in [0.2, 0.25) is 0 Å². The third kappa shape index (κ3) is 3.17. The summed E-state index contributed by atoms with van der Waals surface area (Å²) in [5.41, 5.74) is 0.767. The Morgan fingerprint density at radius 1 is 1.04 bits per heavy atom. The third-order valence-electron chi connectivity index (χ3n) is 4.17. The summed E-state index contributed by atoms with van der Waals surface area (Å²) in [7, 11) is 0. The van der Waals surface area contributed by atoms with Crippen LogP contribution in [0.15, 0.2) is 12.7 Å². The van der Waals surface area contributed by atoms with Crippen LogP contribution >= 0.6 is 0 Å². The molecule has 1 saturated heterocycles. The van der Waals surface area contributed by atoms with Gasteiger partial charge in [-0.2, -0.15) is 0 Å². The van der Waals surface area contributed by atoms with Crippen LogP contribution in [-0.4, -0.2) is 96.3 Å². The van der Waals surface area contributed by atoms with Gasteiger partial charge in [-0.1, -0.05) is 0 Å². The van der Waals surface area contributed by atoms with Crippen LogP contribution < -0.4 is 4.90 Å². The number of aliphatic hydroxyl groups excluding tert-OH is 5. The van der Waals surface area contributed by atoms with Crippen molar-refractivity contribution in [3.05, 3.63) is 12.7 Å². The molecule has 4 atom stereocenters. The highest BCUT2D eigenvalue weighted by atomic mass is 16.6. The molecule has 1 fully saturated rings. The van der Waals surface area contributed by atoms with Gasteiger partial charge in [0.25, 0.3) is 0 Å². The number of hydrogen-bond acceptors (Lipinski definition) is 10. The van der Waals surface area contributed by atoms with Crippen LogP contribution in [-0.2, 0) is 4.74 Å². The van der Waals surface area contributed by atoms with Crippen LogP contribution in [0.4, 0.5) is 5.82 Å². The number of aliphatic hydroxyl groups is 5. The van der Waals surface area contributed by atoms with Gasteiger partial charge in [0.1, 0.15) is 24.6 Å². The number of anilines is 1. The monoisotopic (exact) mass is 355 g/mol. The van der Waals surface area contributed by atoms with Crippen molar-refractivity contribution < 1.29 is 30.3 Å². The minimum atomic E-state index is -1.25. The molecule has 0 saturated carbocycles. The fraction of sp³-hybridized carbons (Fsp3) is 0.643. The van der Waals surface area contributed by atoms with E-state index in [4.69, 9.17) is 4.74 Å². The first-order chi connectivity index (χ1) is 12.1. The fourth-order valence-electron chi connectivity index (χ4n) is 2.93. The first-order valence-electron chi connectivity index (χ1n) is 7.89. The number of hydrogen-bond donors (Lipinski definition) is 5. The van der Waals surface area contributed by atoms with Crippen molar-refractivity contribution in [1.82, 2.24) is 19.5 Å². The van der Waals surface area contributed by atoms with Crippen molar-refractivity contribution in [2.45, 2.75) is 24.5 Å². The Labute approximate surface area is 142 Å². The van der Waals surface area contributed by atoms with E-state index in [0.717, 1.165) is 0 Å². The summed E-state index contributed by atoms with van der Waals surface area (Å²) in [4.78, 5) is 14.3. The van der Waals surface area contributed by atoms with Crippen molar-refractivity contribution in [3.63, 3.8) is 0 Å². The second-order valence-corrected chi connectivity index (χ2v) is 5.68. The number of rotatable bonds is 7. The molecular formula is C14H21N5O6. The smallest absolute Gasteiger partial charge is 0.167 e. The lowest BCUT2D eigenvalue weighted by atomic mass is 10.1. The molecule has 1 aliphatic rings. The maximum atomic E-state index is 10.2. The van der Waals surface area contributed by atoms with E-state index in [1.807, 2.05) is 0 Å². The number of fused-ring (bicyclic) bond motifs is 1. The van der Waals surface area contributed by atoms with Crippen molar-refractivity contribution in [1.29, 1.82) is 0 Å². The Hall–Kier alpha value is -1.89. The Kier molecular flexibility index (Phi) is 5.42. The van der Waals surface area contributed by atoms with E-state index in [0.29, 0.717) is 17.0 Å². The van der Waals surface area contributed by atoms with E-state index in [-0.39, 0.29) is 26.3 Å². The van der Waals surface area contributed by atoms with E-state index in [9.17, 15) is 25.5 Å². The van der Waals surface area contributed by atoms with E-state index in [1.54, 1.807) is 4.90 Å². The van der Waals surface area contributed by atoms with Gasteiger partial charge in [-0.3, -0.25) is 4.57 Å². The van der Waals surface area contributed by atoms with Gasteiger partial charge in [-0.25, -0.2) is 15.0 Å². The summed E-state index contributed by atoms with van der Waals surface area (Å²) in [6.07, 6.45) is -1.63. The molecule has 1 aliphatic heterocycles. The van der Waals surface area contributed by atoms with Crippen LogP contribution in [0.3, 0.4) is 0 Å². The van der Waals surface area contributed by atoms with Crippen molar-refractivity contribution in [2.75, 3.05) is 37.8 Å². The lowest BCUT2D eigenvalue weighted by molar-refractivity contribution is -0.0511. The van der Waals surface area contributed by atoms with E-state index >= 15 is 0 Å². The third-order valence-corrected chi connectivity index (χ3v) is 4.17. The first kappa shape index (κ1) is 17.9. The predicted octanol–water partition coefficient (Wildman–Crippen LogP) is -2.77. The number of imidazole rings is 1. The summed E-state index contributed by atoms with van der Waals surface area (Å²) in [5.74, 6) is 0.429. The Bertz CT molecular complexity index is 706. The number of aromatic nitrogens is 4. The molecule has 2 aromatic heterocycles. The number of ether oxygens (including phenoxy) is 1.